The number of carbonyl (C=O) groups is 1. The Balaban J connectivity index is 1.81. The van der Waals surface area contributed by atoms with Crippen molar-refractivity contribution in [3.05, 3.63) is 29.6 Å². The number of nitrogens with one attached hydrogen (secondary N) is 1. The van der Waals surface area contributed by atoms with E-state index in [1.54, 1.807) is 4.90 Å². The normalized spacial score (nSPS) is 26.3. The molecule has 2 unspecified atom stereocenters. The average Bonchev–Trinajstić information content (AvgIpc) is 2.82. The van der Waals surface area contributed by atoms with E-state index in [4.69, 9.17) is 0 Å². The summed E-state index contributed by atoms with van der Waals surface area (Å²) in [5.41, 5.74) is -0.207. The predicted molar refractivity (Wildman–Crippen MR) is 68.5 cm³/mol. The Morgan fingerprint density at radius 3 is 3.00 bits per heavy atom. The van der Waals surface area contributed by atoms with Gasteiger partial charge >= 0.3 is 0 Å². The van der Waals surface area contributed by atoms with E-state index in [-0.39, 0.29) is 11.3 Å². The summed E-state index contributed by atoms with van der Waals surface area (Å²) in [5, 5.41) is 13.1. The summed E-state index contributed by atoms with van der Waals surface area (Å²) in [5.74, 6) is -0.904. The van der Waals surface area contributed by atoms with Gasteiger partial charge in [0, 0.05) is 19.1 Å². The zero-order valence-corrected chi connectivity index (χ0v) is 10.6. The number of benzene rings is 1. The van der Waals surface area contributed by atoms with E-state index >= 15 is 0 Å². The van der Waals surface area contributed by atoms with Crippen LogP contribution in [0.1, 0.15) is 23.2 Å². The maximum Gasteiger partial charge on any atom is 0.260 e. The molecule has 2 heterocycles. The summed E-state index contributed by atoms with van der Waals surface area (Å²) in [7, 11) is 0. The van der Waals surface area contributed by atoms with Crippen LogP contribution in [-0.4, -0.2) is 41.6 Å². The highest BCUT2D eigenvalue weighted by Crippen LogP contribution is 2.28. The van der Waals surface area contributed by atoms with Gasteiger partial charge in [-0.05, 0) is 37.4 Å². The Hall–Kier alpha value is -1.62. The third kappa shape index (κ3) is 2.18. The molecule has 1 aromatic carbocycles. The van der Waals surface area contributed by atoms with Crippen molar-refractivity contribution in [3.63, 3.8) is 0 Å². The zero-order chi connectivity index (χ0) is 13.4. The molecule has 102 valence electrons. The van der Waals surface area contributed by atoms with Crippen molar-refractivity contribution < 1.29 is 14.3 Å². The number of carbonyl (C=O) groups excluding carboxylic acids is 1. The van der Waals surface area contributed by atoms with Gasteiger partial charge in [0.05, 0.1) is 0 Å². The number of hydrogen-bond acceptors (Lipinski definition) is 3. The molecule has 3 rings (SSSR count). The van der Waals surface area contributed by atoms with E-state index in [2.05, 4.69) is 5.32 Å². The number of aromatic hydroxyl groups is 1. The number of phenols is 1. The maximum atomic E-state index is 13.7. The Bertz CT molecular complexity index is 472. The summed E-state index contributed by atoms with van der Waals surface area (Å²) >= 11 is 0. The van der Waals surface area contributed by atoms with Gasteiger partial charge in [0.15, 0.2) is 0 Å². The van der Waals surface area contributed by atoms with E-state index in [1.165, 1.54) is 18.2 Å². The Kier molecular flexibility index (Phi) is 3.14. The molecule has 2 fully saturated rings. The predicted octanol–water partition coefficient (Wildman–Crippen LogP) is 1.36. The van der Waals surface area contributed by atoms with Crippen molar-refractivity contribution in [2.45, 2.75) is 18.9 Å². The molecule has 1 amide bonds. The molecule has 0 radical (unpaired) electrons. The van der Waals surface area contributed by atoms with Crippen LogP contribution in [0.4, 0.5) is 4.39 Å². The van der Waals surface area contributed by atoms with Crippen LogP contribution < -0.4 is 5.32 Å². The molecule has 2 aliphatic heterocycles. The largest absolute Gasteiger partial charge is 0.507 e. The maximum absolute atomic E-state index is 13.7. The van der Waals surface area contributed by atoms with E-state index in [1.807, 2.05) is 0 Å². The standard InChI is InChI=1S/C14H17FN2O2/c15-10-4-1-5-12(18)13(10)14(19)17-7-9-3-2-6-16-11(9)8-17/h1,4-5,9,11,16,18H,2-3,6-8H2. The van der Waals surface area contributed by atoms with Crippen LogP contribution in [-0.2, 0) is 0 Å². The topological polar surface area (TPSA) is 52.6 Å². The van der Waals surface area contributed by atoms with E-state index in [0.29, 0.717) is 25.0 Å². The lowest BCUT2D eigenvalue weighted by atomic mass is 9.94. The average molecular weight is 264 g/mol. The molecule has 0 aromatic heterocycles. The van der Waals surface area contributed by atoms with Gasteiger partial charge < -0.3 is 15.3 Å². The van der Waals surface area contributed by atoms with Crippen LogP contribution in [0.2, 0.25) is 0 Å². The number of halogens is 1. The van der Waals surface area contributed by atoms with Crippen molar-refractivity contribution in [2.24, 2.45) is 5.92 Å². The first-order chi connectivity index (χ1) is 9.16. The molecule has 0 aliphatic carbocycles. The Morgan fingerprint density at radius 2 is 2.26 bits per heavy atom. The lowest BCUT2D eigenvalue weighted by Crippen LogP contribution is -2.41. The number of rotatable bonds is 1. The second-order valence-electron chi connectivity index (χ2n) is 5.31. The van der Waals surface area contributed by atoms with Gasteiger partial charge in [-0.25, -0.2) is 4.39 Å². The summed E-state index contributed by atoms with van der Waals surface area (Å²) in [6.45, 7) is 2.22. The molecule has 0 saturated carbocycles. The first-order valence-electron chi connectivity index (χ1n) is 6.67. The van der Waals surface area contributed by atoms with E-state index < -0.39 is 11.7 Å². The van der Waals surface area contributed by atoms with Crippen molar-refractivity contribution >= 4 is 5.91 Å². The summed E-state index contributed by atoms with van der Waals surface area (Å²) in [6.07, 6.45) is 2.22. The quantitative estimate of drug-likeness (QED) is 0.805. The summed E-state index contributed by atoms with van der Waals surface area (Å²) < 4.78 is 13.7. The molecule has 19 heavy (non-hydrogen) atoms. The van der Waals surface area contributed by atoms with Gasteiger partial charge in [0.2, 0.25) is 0 Å². The number of nitrogens with zero attached hydrogens (tertiary/aromatic N) is 1. The molecule has 2 saturated heterocycles. The number of likely N-dealkylation sites (tertiary alicyclic amines) is 1. The van der Waals surface area contributed by atoms with Gasteiger partial charge in [-0.2, -0.15) is 0 Å². The van der Waals surface area contributed by atoms with Crippen LogP contribution in [0.3, 0.4) is 0 Å². The molecule has 2 N–H and O–H groups in total. The van der Waals surface area contributed by atoms with Crippen LogP contribution in [0.5, 0.6) is 5.75 Å². The highest BCUT2D eigenvalue weighted by atomic mass is 19.1. The minimum absolute atomic E-state index is 0.207. The fraction of sp³-hybridized carbons (Fsp3) is 0.500. The number of phenolic OH excluding ortho intramolecular Hbond substituents is 1. The highest BCUT2D eigenvalue weighted by molar-refractivity contribution is 5.97. The number of hydrogen-bond donors (Lipinski definition) is 2. The zero-order valence-electron chi connectivity index (χ0n) is 10.6. The second-order valence-corrected chi connectivity index (χ2v) is 5.31. The van der Waals surface area contributed by atoms with Crippen LogP contribution in [0.15, 0.2) is 18.2 Å². The van der Waals surface area contributed by atoms with Gasteiger partial charge in [-0.1, -0.05) is 6.07 Å². The molecular formula is C14H17FN2O2. The number of piperidine rings is 1. The molecule has 0 spiro atoms. The monoisotopic (exact) mass is 264 g/mol. The Morgan fingerprint density at radius 1 is 1.42 bits per heavy atom. The highest BCUT2D eigenvalue weighted by Gasteiger charge is 2.37. The fourth-order valence-electron chi connectivity index (χ4n) is 3.10. The molecule has 5 heteroatoms. The van der Waals surface area contributed by atoms with Crippen LogP contribution in [0, 0.1) is 11.7 Å². The molecule has 0 bridgehead atoms. The fourth-order valence-corrected chi connectivity index (χ4v) is 3.10. The van der Waals surface area contributed by atoms with Crippen LogP contribution >= 0.6 is 0 Å². The molecule has 4 nitrogen and oxygen atoms in total. The molecule has 2 aliphatic rings. The number of fused-ring (bicyclic) bond motifs is 1. The van der Waals surface area contributed by atoms with E-state index in [9.17, 15) is 14.3 Å². The Labute approximate surface area is 111 Å². The first-order valence-corrected chi connectivity index (χ1v) is 6.67. The lowest BCUT2D eigenvalue weighted by Gasteiger charge is -2.24. The third-order valence-electron chi connectivity index (χ3n) is 4.09. The van der Waals surface area contributed by atoms with Gasteiger partial charge in [-0.15, -0.1) is 0 Å². The minimum Gasteiger partial charge on any atom is -0.507 e. The smallest absolute Gasteiger partial charge is 0.260 e. The molecule has 1 aromatic rings. The van der Waals surface area contributed by atoms with Crippen molar-refractivity contribution in [1.82, 2.24) is 10.2 Å². The van der Waals surface area contributed by atoms with Crippen molar-refractivity contribution in [1.29, 1.82) is 0 Å². The first kappa shape index (κ1) is 12.4. The van der Waals surface area contributed by atoms with Crippen LogP contribution in [0.25, 0.3) is 0 Å². The lowest BCUT2D eigenvalue weighted by molar-refractivity contribution is 0.0777. The van der Waals surface area contributed by atoms with Gasteiger partial charge in [-0.3, -0.25) is 4.79 Å². The number of amides is 1. The van der Waals surface area contributed by atoms with Crippen molar-refractivity contribution in [3.8, 4) is 5.75 Å². The van der Waals surface area contributed by atoms with Crippen molar-refractivity contribution in [2.75, 3.05) is 19.6 Å². The third-order valence-corrected chi connectivity index (χ3v) is 4.09. The summed E-state index contributed by atoms with van der Waals surface area (Å²) in [4.78, 5) is 14.0. The molecule has 2 atom stereocenters. The molecular weight excluding hydrogens is 247 g/mol. The second kappa shape index (κ2) is 4.81. The van der Waals surface area contributed by atoms with Gasteiger partial charge in [0.1, 0.15) is 17.1 Å². The minimum atomic E-state index is -0.659. The SMILES string of the molecule is O=C(c1c(O)cccc1F)N1CC2CCCNC2C1. The van der Waals surface area contributed by atoms with E-state index in [0.717, 1.165) is 19.4 Å². The van der Waals surface area contributed by atoms with Gasteiger partial charge in [0.25, 0.3) is 5.91 Å². The summed E-state index contributed by atoms with van der Waals surface area (Å²) in [6, 6.07) is 4.25.